The maximum atomic E-state index is 12.8. The molecule has 1 fully saturated rings. The summed E-state index contributed by atoms with van der Waals surface area (Å²) in [7, 11) is 1.19. The molecular weight excluding hydrogens is 484 g/mol. The maximum Gasteiger partial charge on any atom is 0.338 e. The molecule has 198 valence electrons. The lowest BCUT2D eigenvalue weighted by Gasteiger charge is -2.44. The number of allylic oxidation sites excluding steroid dienone is 1. The normalized spacial score (nSPS) is 40.0. The SMILES string of the molecule is COC(=O)C1=CO[C@@H](O[C@@H]2O[C@H](CO)[C@@H](O)[C@H](O)[C@H]2O)[C@H]2[C@@H]1C=C[C@@]21C=C([C@H](C)OC(C)=O)C(=O)O1. The van der Waals surface area contributed by atoms with Crippen molar-refractivity contribution in [3.05, 3.63) is 35.6 Å². The van der Waals surface area contributed by atoms with E-state index in [9.17, 15) is 34.8 Å². The maximum absolute atomic E-state index is 12.8. The van der Waals surface area contributed by atoms with Crippen molar-refractivity contribution >= 4 is 17.9 Å². The molecule has 3 heterocycles. The first-order valence-electron chi connectivity index (χ1n) is 11.3. The largest absolute Gasteiger partial charge is 0.471 e. The van der Waals surface area contributed by atoms with Crippen molar-refractivity contribution in [2.45, 2.75) is 62.5 Å². The van der Waals surface area contributed by atoms with E-state index in [4.69, 9.17) is 28.4 Å². The molecule has 36 heavy (non-hydrogen) atoms. The minimum Gasteiger partial charge on any atom is -0.471 e. The number of fused-ring (bicyclic) bond motifs is 2. The Hall–Kier alpha value is -2.81. The number of ether oxygens (including phenoxy) is 6. The van der Waals surface area contributed by atoms with Crippen LogP contribution < -0.4 is 0 Å². The fourth-order valence-electron chi connectivity index (χ4n) is 4.87. The number of aliphatic hydroxyl groups excluding tert-OH is 4. The van der Waals surface area contributed by atoms with Crippen molar-refractivity contribution in [3.63, 3.8) is 0 Å². The van der Waals surface area contributed by atoms with Gasteiger partial charge in [0.2, 0.25) is 6.29 Å². The van der Waals surface area contributed by atoms with Gasteiger partial charge in [-0.2, -0.15) is 0 Å². The Bertz CT molecular complexity index is 1000. The van der Waals surface area contributed by atoms with E-state index in [-0.39, 0.29) is 11.1 Å². The molecule has 4 rings (SSSR count). The molecule has 0 aromatic carbocycles. The third-order valence-corrected chi connectivity index (χ3v) is 6.66. The summed E-state index contributed by atoms with van der Waals surface area (Å²) in [6, 6.07) is 0. The second kappa shape index (κ2) is 9.92. The van der Waals surface area contributed by atoms with Crippen LogP contribution >= 0.6 is 0 Å². The van der Waals surface area contributed by atoms with Gasteiger partial charge in [-0.05, 0) is 19.1 Å². The standard InChI is InChI=1S/C23H28O13/c1-9(33-10(2)25)12-6-23(36-20(12)30)5-4-11-13(19(29)31-3)8-32-21(15(11)23)35-22-18(28)17(27)16(26)14(7-24)34-22/h4-6,8-9,11,14-18,21-22,24,26-28H,7H2,1-3H3/t9-,11+,14+,15+,16+,17-,18+,21-,22-,23+/m0/s1. The number of rotatable bonds is 6. The molecule has 0 unspecified atom stereocenters. The van der Waals surface area contributed by atoms with Gasteiger partial charge in [-0.3, -0.25) is 4.79 Å². The van der Waals surface area contributed by atoms with Crippen LogP contribution in [-0.2, 0) is 42.8 Å². The molecule has 1 aliphatic carbocycles. The van der Waals surface area contributed by atoms with Gasteiger partial charge in [0.05, 0.1) is 37.0 Å². The zero-order valence-corrected chi connectivity index (χ0v) is 19.7. The molecule has 13 nitrogen and oxygen atoms in total. The van der Waals surface area contributed by atoms with E-state index in [1.807, 2.05) is 0 Å². The quantitative estimate of drug-likeness (QED) is 0.177. The van der Waals surface area contributed by atoms with E-state index in [0.29, 0.717) is 0 Å². The fourth-order valence-corrected chi connectivity index (χ4v) is 4.87. The Kier molecular flexibility index (Phi) is 7.23. The summed E-state index contributed by atoms with van der Waals surface area (Å²) in [5, 5.41) is 40.0. The first-order valence-corrected chi connectivity index (χ1v) is 11.3. The number of carbonyl (C=O) groups excluding carboxylic acids is 3. The highest BCUT2D eigenvalue weighted by Gasteiger charge is 2.60. The minimum atomic E-state index is -1.72. The molecule has 0 saturated carbocycles. The van der Waals surface area contributed by atoms with Crippen LogP contribution in [0.5, 0.6) is 0 Å². The zero-order valence-electron chi connectivity index (χ0n) is 19.7. The molecule has 1 saturated heterocycles. The van der Waals surface area contributed by atoms with E-state index in [0.717, 1.165) is 6.26 Å². The smallest absolute Gasteiger partial charge is 0.338 e. The second-order valence-corrected chi connectivity index (χ2v) is 8.91. The number of esters is 3. The molecule has 0 bridgehead atoms. The summed E-state index contributed by atoms with van der Waals surface area (Å²) < 4.78 is 32.6. The fraction of sp³-hybridized carbons (Fsp3) is 0.609. The first-order chi connectivity index (χ1) is 17.0. The van der Waals surface area contributed by atoms with Gasteiger partial charge in [0.1, 0.15) is 30.5 Å². The molecule has 0 aromatic rings. The average molecular weight is 512 g/mol. The lowest BCUT2D eigenvalue weighted by atomic mass is 9.78. The van der Waals surface area contributed by atoms with Crippen molar-refractivity contribution in [1.82, 2.24) is 0 Å². The van der Waals surface area contributed by atoms with Gasteiger partial charge in [0.25, 0.3) is 0 Å². The summed E-state index contributed by atoms with van der Waals surface area (Å²) in [4.78, 5) is 36.6. The highest BCUT2D eigenvalue weighted by atomic mass is 16.8. The van der Waals surface area contributed by atoms with Gasteiger partial charge in [-0.1, -0.05) is 6.08 Å². The van der Waals surface area contributed by atoms with Crippen LogP contribution in [0.3, 0.4) is 0 Å². The predicted octanol–water partition coefficient (Wildman–Crippen LogP) is -1.81. The molecule has 4 N–H and O–H groups in total. The number of aliphatic hydroxyl groups is 4. The van der Waals surface area contributed by atoms with Gasteiger partial charge < -0.3 is 48.8 Å². The van der Waals surface area contributed by atoms with Crippen molar-refractivity contribution in [3.8, 4) is 0 Å². The molecule has 10 atom stereocenters. The predicted molar refractivity (Wildman–Crippen MR) is 114 cm³/mol. The van der Waals surface area contributed by atoms with Crippen LogP contribution in [0, 0.1) is 11.8 Å². The lowest BCUT2D eigenvalue weighted by Crippen LogP contribution is -2.60. The van der Waals surface area contributed by atoms with E-state index in [1.54, 1.807) is 12.2 Å². The topological polar surface area (TPSA) is 188 Å². The van der Waals surface area contributed by atoms with E-state index in [2.05, 4.69) is 0 Å². The molecular formula is C23H28O13. The number of methoxy groups -OCH3 is 1. The molecule has 13 heteroatoms. The highest BCUT2D eigenvalue weighted by molar-refractivity contribution is 5.94. The molecule has 0 amide bonds. The summed E-state index contributed by atoms with van der Waals surface area (Å²) >= 11 is 0. The van der Waals surface area contributed by atoms with E-state index >= 15 is 0 Å². The van der Waals surface area contributed by atoms with Crippen molar-refractivity contribution in [2.75, 3.05) is 13.7 Å². The zero-order chi connectivity index (χ0) is 26.4. The Morgan fingerprint density at radius 2 is 1.89 bits per heavy atom. The van der Waals surface area contributed by atoms with Crippen LogP contribution in [0.25, 0.3) is 0 Å². The molecule has 3 aliphatic heterocycles. The van der Waals surface area contributed by atoms with E-state index < -0.39 is 85.1 Å². The third-order valence-electron chi connectivity index (χ3n) is 6.66. The van der Waals surface area contributed by atoms with Gasteiger partial charge >= 0.3 is 17.9 Å². The van der Waals surface area contributed by atoms with Gasteiger partial charge in [0, 0.05) is 12.8 Å². The van der Waals surface area contributed by atoms with Crippen LogP contribution in [0.15, 0.2) is 35.6 Å². The third kappa shape index (κ3) is 4.42. The Morgan fingerprint density at radius 3 is 2.53 bits per heavy atom. The van der Waals surface area contributed by atoms with Crippen LogP contribution in [0.2, 0.25) is 0 Å². The Balaban J connectivity index is 1.68. The van der Waals surface area contributed by atoms with Crippen molar-refractivity contribution < 1.29 is 63.2 Å². The molecule has 0 aromatic heterocycles. The Labute approximate surface area is 205 Å². The molecule has 4 aliphatic rings. The summed E-state index contributed by atoms with van der Waals surface area (Å²) in [6.07, 6.45) is -4.31. The van der Waals surface area contributed by atoms with Gasteiger partial charge in [-0.25, -0.2) is 9.59 Å². The summed E-state index contributed by atoms with van der Waals surface area (Å²) in [5.74, 6) is -3.71. The summed E-state index contributed by atoms with van der Waals surface area (Å²) in [5.41, 5.74) is -1.32. The number of hydrogen-bond donors (Lipinski definition) is 4. The second-order valence-electron chi connectivity index (χ2n) is 8.91. The van der Waals surface area contributed by atoms with Gasteiger partial charge in [0.15, 0.2) is 11.9 Å². The summed E-state index contributed by atoms with van der Waals surface area (Å²) in [6.45, 7) is 2.03. The van der Waals surface area contributed by atoms with Gasteiger partial charge in [-0.15, -0.1) is 0 Å². The van der Waals surface area contributed by atoms with E-state index in [1.165, 1.54) is 27.0 Å². The highest BCUT2D eigenvalue weighted by Crippen LogP contribution is 2.51. The van der Waals surface area contributed by atoms with Crippen molar-refractivity contribution in [1.29, 1.82) is 0 Å². The number of carbonyl (C=O) groups is 3. The first kappa shape index (κ1) is 26.3. The molecule has 0 radical (unpaired) electrons. The molecule has 1 spiro atoms. The van der Waals surface area contributed by atoms with Crippen molar-refractivity contribution in [2.24, 2.45) is 11.8 Å². The Morgan fingerprint density at radius 1 is 1.17 bits per heavy atom. The lowest BCUT2D eigenvalue weighted by molar-refractivity contribution is -0.344. The van der Waals surface area contributed by atoms with Crippen LogP contribution in [0.1, 0.15) is 13.8 Å². The van der Waals surface area contributed by atoms with Crippen LogP contribution in [0.4, 0.5) is 0 Å². The van der Waals surface area contributed by atoms with Crippen LogP contribution in [-0.4, -0.2) is 101 Å². The number of hydrogen-bond acceptors (Lipinski definition) is 13. The minimum absolute atomic E-state index is 0.0660. The average Bonchev–Trinajstić information content (AvgIpc) is 3.38. The monoisotopic (exact) mass is 512 g/mol.